The first-order valence-corrected chi connectivity index (χ1v) is 5.67. The maximum atomic E-state index is 10.9. The Balaban J connectivity index is 2.75. The molecule has 0 atom stereocenters. The molecule has 0 saturated heterocycles. The summed E-state index contributed by atoms with van der Waals surface area (Å²) >= 11 is 0. The number of hydrogen-bond acceptors (Lipinski definition) is 6. The van der Waals surface area contributed by atoms with E-state index >= 15 is 0 Å². The predicted molar refractivity (Wildman–Crippen MR) is 66.8 cm³/mol. The van der Waals surface area contributed by atoms with Gasteiger partial charge in [-0.25, -0.2) is 4.79 Å². The second kappa shape index (κ2) is 7.07. The molecule has 0 aliphatic rings. The fourth-order valence-electron chi connectivity index (χ4n) is 1.41. The van der Waals surface area contributed by atoms with Gasteiger partial charge in [0, 0.05) is 18.6 Å². The average molecular weight is 283 g/mol. The molecule has 0 amide bonds. The zero-order chi connectivity index (χ0) is 15.1. The zero-order valence-electron chi connectivity index (χ0n) is 10.7. The monoisotopic (exact) mass is 283 g/mol. The van der Waals surface area contributed by atoms with E-state index in [1.54, 1.807) is 0 Å². The highest BCUT2D eigenvalue weighted by molar-refractivity contribution is 5.88. The summed E-state index contributed by atoms with van der Waals surface area (Å²) in [6.45, 7) is 0.0407. The number of aromatic carboxylic acids is 1. The number of hydrogen-bond donors (Lipinski definition) is 1. The molecule has 0 heterocycles. The van der Waals surface area contributed by atoms with Crippen molar-refractivity contribution in [2.75, 3.05) is 13.7 Å². The standard InChI is InChI=1S/C12H13NO7/c1-19-11(14)3-2-6-20-10-7-8(12(15)16)4-5-9(10)13(17)18/h4-5,7H,2-3,6H2,1H3,(H,15,16). The van der Waals surface area contributed by atoms with Crippen molar-refractivity contribution in [2.24, 2.45) is 0 Å². The second-order valence-electron chi connectivity index (χ2n) is 3.77. The van der Waals surface area contributed by atoms with Gasteiger partial charge in [-0.2, -0.15) is 0 Å². The number of carbonyl (C=O) groups excluding carboxylic acids is 1. The summed E-state index contributed by atoms with van der Waals surface area (Å²) < 4.78 is 9.61. The Hall–Kier alpha value is -2.64. The molecule has 1 rings (SSSR count). The Morgan fingerprint density at radius 1 is 1.40 bits per heavy atom. The normalized spacial score (nSPS) is 9.85. The number of nitro groups is 1. The number of methoxy groups -OCH3 is 1. The van der Waals surface area contributed by atoms with E-state index in [-0.39, 0.29) is 30.0 Å². The number of nitro benzene ring substituents is 1. The van der Waals surface area contributed by atoms with Gasteiger partial charge in [0.05, 0.1) is 24.2 Å². The van der Waals surface area contributed by atoms with E-state index < -0.39 is 16.9 Å². The lowest BCUT2D eigenvalue weighted by Crippen LogP contribution is -2.06. The molecule has 0 saturated carbocycles. The van der Waals surface area contributed by atoms with E-state index in [4.69, 9.17) is 9.84 Å². The molecule has 0 radical (unpaired) electrons. The maximum Gasteiger partial charge on any atom is 0.335 e. The minimum Gasteiger partial charge on any atom is -0.487 e. The molecular formula is C12H13NO7. The number of carbonyl (C=O) groups is 2. The Labute approximate surface area is 114 Å². The Morgan fingerprint density at radius 3 is 2.65 bits per heavy atom. The van der Waals surface area contributed by atoms with E-state index in [1.165, 1.54) is 7.11 Å². The minimum atomic E-state index is -1.21. The van der Waals surface area contributed by atoms with Crippen LogP contribution in [0.2, 0.25) is 0 Å². The summed E-state index contributed by atoms with van der Waals surface area (Å²) in [6, 6.07) is 3.28. The van der Waals surface area contributed by atoms with Crippen LogP contribution in [0.5, 0.6) is 5.75 Å². The van der Waals surface area contributed by atoms with Crippen molar-refractivity contribution >= 4 is 17.6 Å². The number of rotatable bonds is 7. The summed E-state index contributed by atoms with van der Waals surface area (Å²) in [5.74, 6) is -1.76. The quantitative estimate of drug-likeness (QED) is 0.350. The van der Waals surface area contributed by atoms with Crippen molar-refractivity contribution in [3.8, 4) is 5.75 Å². The number of carboxylic acids is 1. The van der Waals surface area contributed by atoms with Gasteiger partial charge >= 0.3 is 17.6 Å². The van der Waals surface area contributed by atoms with E-state index in [0.717, 1.165) is 18.2 Å². The maximum absolute atomic E-state index is 10.9. The minimum absolute atomic E-state index is 0.0407. The van der Waals surface area contributed by atoms with E-state index in [9.17, 15) is 19.7 Å². The SMILES string of the molecule is COC(=O)CCCOc1cc(C(=O)O)ccc1[N+](=O)[O-]. The van der Waals surface area contributed by atoms with Crippen LogP contribution in [0.4, 0.5) is 5.69 Å². The lowest BCUT2D eigenvalue weighted by Gasteiger charge is -2.07. The molecule has 0 fully saturated rings. The lowest BCUT2D eigenvalue weighted by atomic mass is 10.2. The summed E-state index contributed by atoms with van der Waals surface area (Å²) in [4.78, 5) is 31.8. The van der Waals surface area contributed by atoms with Crippen LogP contribution >= 0.6 is 0 Å². The molecule has 0 aromatic heterocycles. The van der Waals surface area contributed by atoms with Crippen LogP contribution in [0.1, 0.15) is 23.2 Å². The van der Waals surface area contributed by atoms with E-state index in [2.05, 4.69) is 4.74 Å². The highest BCUT2D eigenvalue weighted by Gasteiger charge is 2.17. The number of ether oxygens (including phenoxy) is 2. The second-order valence-corrected chi connectivity index (χ2v) is 3.77. The molecule has 1 N–H and O–H groups in total. The molecule has 8 heteroatoms. The molecule has 1 aromatic carbocycles. The van der Waals surface area contributed by atoms with Crippen LogP contribution < -0.4 is 4.74 Å². The van der Waals surface area contributed by atoms with Crippen molar-refractivity contribution in [3.63, 3.8) is 0 Å². The molecule has 20 heavy (non-hydrogen) atoms. The molecule has 0 aliphatic heterocycles. The first kappa shape index (κ1) is 15.4. The van der Waals surface area contributed by atoms with Gasteiger partial charge in [-0.05, 0) is 12.5 Å². The first-order valence-electron chi connectivity index (χ1n) is 5.67. The van der Waals surface area contributed by atoms with Gasteiger partial charge in [0.25, 0.3) is 0 Å². The average Bonchev–Trinajstić information content (AvgIpc) is 2.42. The van der Waals surface area contributed by atoms with Crippen LogP contribution in [0.3, 0.4) is 0 Å². The number of carboxylic acid groups (broad SMARTS) is 1. The summed E-state index contributed by atoms with van der Waals surface area (Å²) in [7, 11) is 1.25. The first-order chi connectivity index (χ1) is 9.45. The third-order valence-electron chi connectivity index (χ3n) is 2.41. The molecule has 108 valence electrons. The van der Waals surface area contributed by atoms with Crippen LogP contribution in [0.25, 0.3) is 0 Å². The van der Waals surface area contributed by atoms with Crippen LogP contribution in [-0.2, 0) is 9.53 Å². The molecule has 0 spiro atoms. The predicted octanol–water partition coefficient (Wildman–Crippen LogP) is 1.62. The lowest BCUT2D eigenvalue weighted by molar-refractivity contribution is -0.385. The summed E-state index contributed by atoms with van der Waals surface area (Å²) in [5, 5.41) is 19.6. The number of benzene rings is 1. The zero-order valence-corrected chi connectivity index (χ0v) is 10.7. The van der Waals surface area contributed by atoms with Crippen LogP contribution in [-0.4, -0.2) is 35.7 Å². The van der Waals surface area contributed by atoms with Gasteiger partial charge in [-0.3, -0.25) is 14.9 Å². The van der Waals surface area contributed by atoms with E-state index in [1.807, 2.05) is 0 Å². The summed E-state index contributed by atoms with van der Waals surface area (Å²) in [6.07, 6.45) is 0.421. The van der Waals surface area contributed by atoms with Crippen LogP contribution in [0.15, 0.2) is 18.2 Å². The molecule has 0 bridgehead atoms. The van der Waals surface area contributed by atoms with Crippen molar-refractivity contribution in [2.45, 2.75) is 12.8 Å². The van der Waals surface area contributed by atoms with Crippen molar-refractivity contribution in [1.82, 2.24) is 0 Å². The van der Waals surface area contributed by atoms with E-state index in [0.29, 0.717) is 6.42 Å². The molecule has 0 aliphatic carbocycles. The Kier molecular flexibility index (Phi) is 5.45. The Bertz CT molecular complexity index is 527. The summed E-state index contributed by atoms with van der Waals surface area (Å²) in [5.41, 5.74) is -0.438. The fourth-order valence-corrected chi connectivity index (χ4v) is 1.41. The van der Waals surface area contributed by atoms with Gasteiger partial charge in [0.15, 0.2) is 5.75 Å². The Morgan fingerprint density at radius 2 is 2.10 bits per heavy atom. The molecular weight excluding hydrogens is 270 g/mol. The third kappa shape index (κ3) is 4.23. The molecule has 0 unspecified atom stereocenters. The number of esters is 1. The van der Waals surface area contributed by atoms with Crippen molar-refractivity contribution in [3.05, 3.63) is 33.9 Å². The molecule has 1 aromatic rings. The fraction of sp³-hybridized carbons (Fsp3) is 0.333. The van der Waals surface area contributed by atoms with Gasteiger partial charge in [-0.15, -0.1) is 0 Å². The van der Waals surface area contributed by atoms with Gasteiger partial charge in [0.2, 0.25) is 0 Å². The third-order valence-corrected chi connectivity index (χ3v) is 2.41. The van der Waals surface area contributed by atoms with Gasteiger partial charge < -0.3 is 14.6 Å². The van der Waals surface area contributed by atoms with Gasteiger partial charge in [0.1, 0.15) is 0 Å². The van der Waals surface area contributed by atoms with Crippen LogP contribution in [0, 0.1) is 10.1 Å². The highest BCUT2D eigenvalue weighted by Crippen LogP contribution is 2.28. The molecule has 8 nitrogen and oxygen atoms in total. The largest absolute Gasteiger partial charge is 0.487 e. The van der Waals surface area contributed by atoms with Crippen molar-refractivity contribution in [1.29, 1.82) is 0 Å². The van der Waals surface area contributed by atoms with Gasteiger partial charge in [-0.1, -0.05) is 0 Å². The number of nitrogens with zero attached hydrogens (tertiary/aromatic N) is 1. The highest BCUT2D eigenvalue weighted by atomic mass is 16.6. The topological polar surface area (TPSA) is 116 Å². The van der Waals surface area contributed by atoms with Crippen molar-refractivity contribution < 1.29 is 29.1 Å². The smallest absolute Gasteiger partial charge is 0.335 e.